The molecule has 6 heteroatoms. The fraction of sp³-hybridized carbons (Fsp3) is 0.938. The molecule has 3 nitrogen and oxygen atoms in total. The first kappa shape index (κ1) is 17.6. The maximum Gasteiger partial charge on any atom is 0.392 e. The molecule has 2 fully saturated rings. The van der Waals surface area contributed by atoms with Gasteiger partial charge in [-0.05, 0) is 44.7 Å². The molecule has 0 bridgehead atoms. The number of carbonyl (C=O) groups excluding carboxylic acids is 1. The Morgan fingerprint density at radius 3 is 2.36 bits per heavy atom. The monoisotopic (exact) mass is 320 g/mol. The quantitative estimate of drug-likeness (QED) is 0.863. The molecule has 1 aliphatic carbocycles. The van der Waals surface area contributed by atoms with E-state index in [9.17, 15) is 18.0 Å². The number of nitrogens with one attached hydrogen (secondary N) is 1. The molecule has 1 heterocycles. The number of rotatable bonds is 4. The van der Waals surface area contributed by atoms with E-state index in [2.05, 4.69) is 12.2 Å². The number of piperidine rings is 1. The minimum Gasteiger partial charge on any atom is -0.342 e. The molecule has 1 N–H and O–H groups in total. The minimum absolute atomic E-state index is 0.108. The van der Waals surface area contributed by atoms with Crippen molar-refractivity contribution in [2.75, 3.05) is 26.2 Å². The van der Waals surface area contributed by atoms with E-state index < -0.39 is 18.0 Å². The Balaban J connectivity index is 1.90. The zero-order chi connectivity index (χ0) is 16.2. The highest BCUT2D eigenvalue weighted by molar-refractivity contribution is 5.79. The lowest BCUT2D eigenvalue weighted by Crippen LogP contribution is -2.48. The van der Waals surface area contributed by atoms with Crippen LogP contribution in [0.25, 0.3) is 0 Å². The van der Waals surface area contributed by atoms with Gasteiger partial charge in [-0.2, -0.15) is 13.2 Å². The first-order valence-electron chi connectivity index (χ1n) is 8.49. The molecule has 0 radical (unpaired) electrons. The van der Waals surface area contributed by atoms with Crippen molar-refractivity contribution in [3.8, 4) is 0 Å². The van der Waals surface area contributed by atoms with Crippen molar-refractivity contribution in [2.24, 2.45) is 17.8 Å². The van der Waals surface area contributed by atoms with Crippen LogP contribution >= 0.6 is 0 Å². The van der Waals surface area contributed by atoms with Gasteiger partial charge in [-0.3, -0.25) is 4.79 Å². The van der Waals surface area contributed by atoms with Crippen molar-refractivity contribution in [1.29, 1.82) is 0 Å². The standard InChI is InChI=1S/C16H27F3N2O/c1-2-20-11-12-7-9-21(10-8-12)15(22)13-5-3-4-6-14(13)16(17,18)19/h12-14,20H,2-11H2,1H3. The summed E-state index contributed by atoms with van der Waals surface area (Å²) in [6.45, 7) is 5.13. The largest absolute Gasteiger partial charge is 0.392 e. The van der Waals surface area contributed by atoms with Crippen LogP contribution < -0.4 is 5.32 Å². The van der Waals surface area contributed by atoms with Gasteiger partial charge < -0.3 is 10.2 Å². The lowest BCUT2D eigenvalue weighted by Gasteiger charge is -2.38. The molecule has 2 unspecified atom stereocenters. The Morgan fingerprint density at radius 1 is 1.14 bits per heavy atom. The second kappa shape index (κ2) is 7.66. The van der Waals surface area contributed by atoms with Crippen molar-refractivity contribution >= 4 is 5.91 Å². The van der Waals surface area contributed by atoms with Gasteiger partial charge in [0.15, 0.2) is 0 Å². The van der Waals surface area contributed by atoms with E-state index >= 15 is 0 Å². The first-order chi connectivity index (χ1) is 10.4. The molecule has 2 atom stereocenters. The number of hydrogen-bond donors (Lipinski definition) is 1. The highest BCUT2D eigenvalue weighted by atomic mass is 19.4. The third-order valence-corrected chi connectivity index (χ3v) is 5.11. The second-order valence-electron chi connectivity index (χ2n) is 6.62. The van der Waals surface area contributed by atoms with Gasteiger partial charge in [-0.15, -0.1) is 0 Å². The molecular formula is C16H27F3N2O. The van der Waals surface area contributed by atoms with Crippen LogP contribution in [0, 0.1) is 17.8 Å². The molecule has 0 spiro atoms. The lowest BCUT2D eigenvalue weighted by atomic mass is 9.77. The van der Waals surface area contributed by atoms with Crippen molar-refractivity contribution < 1.29 is 18.0 Å². The molecule has 0 aromatic heterocycles. The van der Waals surface area contributed by atoms with Gasteiger partial charge in [0.1, 0.15) is 0 Å². The van der Waals surface area contributed by atoms with Gasteiger partial charge in [0.25, 0.3) is 0 Å². The van der Waals surface area contributed by atoms with Gasteiger partial charge in [-0.1, -0.05) is 19.8 Å². The Morgan fingerprint density at radius 2 is 1.77 bits per heavy atom. The number of hydrogen-bond acceptors (Lipinski definition) is 2. The summed E-state index contributed by atoms with van der Waals surface area (Å²) in [6, 6.07) is 0. The molecule has 22 heavy (non-hydrogen) atoms. The lowest BCUT2D eigenvalue weighted by molar-refractivity contribution is -0.201. The number of nitrogens with zero attached hydrogens (tertiary/aromatic N) is 1. The van der Waals surface area contributed by atoms with E-state index in [0.29, 0.717) is 31.8 Å². The van der Waals surface area contributed by atoms with Crippen LogP contribution in [0.1, 0.15) is 45.4 Å². The van der Waals surface area contributed by atoms with E-state index in [1.54, 1.807) is 4.90 Å². The predicted octanol–water partition coefficient (Wildman–Crippen LogP) is 3.20. The normalized spacial score (nSPS) is 27.9. The fourth-order valence-electron chi connectivity index (χ4n) is 3.76. The third kappa shape index (κ3) is 4.37. The van der Waals surface area contributed by atoms with Gasteiger partial charge in [0, 0.05) is 19.0 Å². The van der Waals surface area contributed by atoms with E-state index in [1.807, 2.05) is 0 Å². The van der Waals surface area contributed by atoms with Crippen molar-refractivity contribution in [3.63, 3.8) is 0 Å². The van der Waals surface area contributed by atoms with Gasteiger partial charge in [0.05, 0.1) is 5.92 Å². The number of alkyl halides is 3. The summed E-state index contributed by atoms with van der Waals surface area (Å²) in [7, 11) is 0. The van der Waals surface area contributed by atoms with Gasteiger partial charge >= 0.3 is 6.18 Å². The second-order valence-corrected chi connectivity index (χ2v) is 6.62. The summed E-state index contributed by atoms with van der Waals surface area (Å²) in [6.07, 6.45) is -0.649. The molecule has 1 saturated carbocycles. The average molecular weight is 320 g/mol. The van der Waals surface area contributed by atoms with Crippen LogP contribution in [-0.2, 0) is 4.79 Å². The predicted molar refractivity (Wildman–Crippen MR) is 79.4 cm³/mol. The molecule has 128 valence electrons. The van der Waals surface area contributed by atoms with Gasteiger partial charge in [-0.25, -0.2) is 0 Å². The number of carbonyl (C=O) groups is 1. The molecular weight excluding hydrogens is 293 g/mol. The van der Waals surface area contributed by atoms with Crippen LogP contribution in [-0.4, -0.2) is 43.2 Å². The Hall–Kier alpha value is -0.780. The summed E-state index contributed by atoms with van der Waals surface area (Å²) in [5.74, 6) is -2.01. The smallest absolute Gasteiger partial charge is 0.342 e. The molecule has 0 aromatic carbocycles. The first-order valence-corrected chi connectivity index (χ1v) is 8.49. The topological polar surface area (TPSA) is 32.3 Å². The van der Waals surface area contributed by atoms with Crippen molar-refractivity contribution in [2.45, 2.75) is 51.6 Å². The number of halogens is 3. The zero-order valence-electron chi connectivity index (χ0n) is 13.3. The fourth-order valence-corrected chi connectivity index (χ4v) is 3.76. The van der Waals surface area contributed by atoms with Crippen LogP contribution in [0.2, 0.25) is 0 Å². The molecule has 0 aromatic rings. The van der Waals surface area contributed by atoms with Crippen LogP contribution in [0.15, 0.2) is 0 Å². The van der Waals surface area contributed by atoms with Crippen LogP contribution in [0.5, 0.6) is 0 Å². The van der Waals surface area contributed by atoms with Crippen molar-refractivity contribution in [1.82, 2.24) is 10.2 Å². The summed E-state index contributed by atoms with van der Waals surface area (Å²) >= 11 is 0. The Labute approximate surface area is 130 Å². The maximum absolute atomic E-state index is 13.1. The van der Waals surface area contributed by atoms with E-state index in [4.69, 9.17) is 0 Å². The van der Waals surface area contributed by atoms with Crippen molar-refractivity contribution in [3.05, 3.63) is 0 Å². The zero-order valence-corrected chi connectivity index (χ0v) is 13.3. The summed E-state index contributed by atoms with van der Waals surface area (Å²) < 4.78 is 39.4. The molecule has 2 aliphatic rings. The summed E-state index contributed by atoms with van der Waals surface area (Å²) in [5, 5.41) is 3.30. The minimum atomic E-state index is -4.25. The molecule has 1 saturated heterocycles. The molecule has 1 aliphatic heterocycles. The third-order valence-electron chi connectivity index (χ3n) is 5.11. The van der Waals surface area contributed by atoms with E-state index in [0.717, 1.165) is 32.4 Å². The van der Waals surface area contributed by atoms with Crippen LogP contribution in [0.3, 0.4) is 0 Å². The maximum atomic E-state index is 13.1. The number of amides is 1. The van der Waals surface area contributed by atoms with E-state index in [-0.39, 0.29) is 12.3 Å². The highest BCUT2D eigenvalue weighted by Gasteiger charge is 2.49. The molecule has 2 rings (SSSR count). The summed E-state index contributed by atoms with van der Waals surface area (Å²) in [4.78, 5) is 14.2. The van der Waals surface area contributed by atoms with Crippen LogP contribution in [0.4, 0.5) is 13.2 Å². The SMILES string of the molecule is CCNCC1CCN(C(=O)C2CCCCC2C(F)(F)F)CC1. The number of likely N-dealkylation sites (tertiary alicyclic amines) is 1. The summed E-state index contributed by atoms with van der Waals surface area (Å²) in [5.41, 5.74) is 0. The Bertz CT molecular complexity index is 365. The highest BCUT2D eigenvalue weighted by Crippen LogP contribution is 2.42. The van der Waals surface area contributed by atoms with Gasteiger partial charge in [0.2, 0.25) is 5.91 Å². The Kier molecular flexibility index (Phi) is 6.12. The van der Waals surface area contributed by atoms with E-state index in [1.165, 1.54) is 0 Å². The average Bonchev–Trinajstić information content (AvgIpc) is 2.52. The molecule has 1 amide bonds.